The summed E-state index contributed by atoms with van der Waals surface area (Å²) in [5.41, 5.74) is 2.59. The second kappa shape index (κ2) is 5.14. The topological polar surface area (TPSA) is 28.3 Å². The van der Waals surface area contributed by atoms with Gasteiger partial charge in [-0.05, 0) is 25.1 Å². The number of hydrogen-bond donors (Lipinski definition) is 1. The highest BCUT2D eigenvalue weighted by molar-refractivity contribution is 5.83. The maximum atomic E-state index is 5.08. The second-order valence-electron chi connectivity index (χ2n) is 4.11. The zero-order chi connectivity index (χ0) is 11.4. The lowest BCUT2D eigenvalue weighted by Gasteiger charge is -2.14. The molecular formula is C13H18N2O. The van der Waals surface area contributed by atoms with Gasteiger partial charge in [-0.2, -0.15) is 0 Å². The second-order valence-corrected chi connectivity index (χ2v) is 4.11. The minimum absolute atomic E-state index is 0.683. The van der Waals surface area contributed by atoms with Gasteiger partial charge in [-0.3, -0.25) is 4.90 Å². The summed E-state index contributed by atoms with van der Waals surface area (Å²) in [4.78, 5) is 5.46. The number of rotatable bonds is 5. The van der Waals surface area contributed by atoms with Crippen molar-refractivity contribution < 1.29 is 4.74 Å². The van der Waals surface area contributed by atoms with Crippen molar-refractivity contribution in [1.29, 1.82) is 0 Å². The Bertz CT molecular complexity index is 450. The maximum absolute atomic E-state index is 5.08. The Kier molecular flexibility index (Phi) is 3.59. The van der Waals surface area contributed by atoms with Gasteiger partial charge in [-0.25, -0.2) is 0 Å². The van der Waals surface area contributed by atoms with Crippen molar-refractivity contribution in [3.05, 3.63) is 36.0 Å². The van der Waals surface area contributed by atoms with E-state index in [2.05, 4.69) is 47.4 Å². The Morgan fingerprint density at radius 2 is 2.12 bits per heavy atom. The summed E-state index contributed by atoms with van der Waals surface area (Å²) < 4.78 is 5.08. The molecule has 3 heteroatoms. The Balaban J connectivity index is 2.04. The summed E-state index contributed by atoms with van der Waals surface area (Å²) >= 11 is 0. The molecule has 0 saturated carbocycles. The van der Waals surface area contributed by atoms with Crippen LogP contribution in [0.1, 0.15) is 5.56 Å². The molecule has 0 radical (unpaired) electrons. The molecule has 3 nitrogen and oxygen atoms in total. The fourth-order valence-electron chi connectivity index (χ4n) is 1.93. The Morgan fingerprint density at radius 3 is 2.94 bits per heavy atom. The molecule has 0 aliphatic heterocycles. The van der Waals surface area contributed by atoms with Crippen LogP contribution < -0.4 is 0 Å². The number of methoxy groups -OCH3 is 1. The van der Waals surface area contributed by atoms with Gasteiger partial charge in [0.25, 0.3) is 0 Å². The van der Waals surface area contributed by atoms with Gasteiger partial charge in [-0.1, -0.05) is 18.2 Å². The molecule has 16 heavy (non-hydrogen) atoms. The van der Waals surface area contributed by atoms with E-state index in [9.17, 15) is 0 Å². The van der Waals surface area contributed by atoms with Gasteiger partial charge < -0.3 is 9.72 Å². The fourth-order valence-corrected chi connectivity index (χ4v) is 1.93. The molecule has 0 saturated heterocycles. The lowest BCUT2D eigenvalue weighted by molar-refractivity contribution is 0.0828. The number of fused-ring (bicyclic) bond motifs is 1. The molecule has 0 spiro atoms. The molecular weight excluding hydrogens is 200 g/mol. The highest BCUT2D eigenvalue weighted by Crippen LogP contribution is 2.17. The predicted octanol–water partition coefficient (Wildman–Crippen LogP) is 2.25. The first-order valence-electron chi connectivity index (χ1n) is 5.53. The van der Waals surface area contributed by atoms with Crippen molar-refractivity contribution in [2.45, 2.75) is 6.42 Å². The van der Waals surface area contributed by atoms with Crippen LogP contribution in [0.5, 0.6) is 0 Å². The summed E-state index contributed by atoms with van der Waals surface area (Å²) in [5.74, 6) is 0. The van der Waals surface area contributed by atoms with Crippen molar-refractivity contribution >= 4 is 10.9 Å². The molecule has 0 fully saturated rings. The van der Waals surface area contributed by atoms with Gasteiger partial charge in [0.15, 0.2) is 0 Å². The first-order valence-corrected chi connectivity index (χ1v) is 5.53. The normalized spacial score (nSPS) is 11.4. The summed E-state index contributed by atoms with van der Waals surface area (Å²) in [6.07, 6.45) is 3.15. The van der Waals surface area contributed by atoms with Gasteiger partial charge in [0.1, 0.15) is 0 Å². The van der Waals surface area contributed by atoms with Crippen LogP contribution in [-0.4, -0.2) is 37.3 Å². The standard InChI is InChI=1S/C13H18N2O/c1-15(10-16-2)8-7-11-9-14-13-6-4-3-5-12(11)13/h3-6,9,14H,7-8,10H2,1-2H3. The highest BCUT2D eigenvalue weighted by atomic mass is 16.5. The van der Waals surface area contributed by atoms with Crippen molar-refractivity contribution in [3.8, 4) is 0 Å². The molecule has 2 aromatic rings. The zero-order valence-corrected chi connectivity index (χ0v) is 9.86. The van der Waals surface area contributed by atoms with Gasteiger partial charge in [0, 0.05) is 30.8 Å². The van der Waals surface area contributed by atoms with Crippen LogP contribution in [0.25, 0.3) is 10.9 Å². The van der Waals surface area contributed by atoms with Gasteiger partial charge in [0.2, 0.25) is 0 Å². The zero-order valence-electron chi connectivity index (χ0n) is 9.86. The number of benzene rings is 1. The van der Waals surface area contributed by atoms with E-state index in [0.29, 0.717) is 6.73 Å². The van der Waals surface area contributed by atoms with Crippen molar-refractivity contribution in [2.24, 2.45) is 0 Å². The minimum Gasteiger partial charge on any atom is -0.369 e. The largest absolute Gasteiger partial charge is 0.369 e. The molecule has 86 valence electrons. The third-order valence-corrected chi connectivity index (χ3v) is 2.79. The van der Waals surface area contributed by atoms with Gasteiger partial charge >= 0.3 is 0 Å². The summed E-state index contributed by atoms with van der Waals surface area (Å²) in [6.45, 7) is 1.69. The van der Waals surface area contributed by atoms with Crippen molar-refractivity contribution in [3.63, 3.8) is 0 Å². The smallest absolute Gasteiger partial charge is 0.0984 e. The number of likely N-dealkylation sites (N-methyl/N-ethyl adjacent to an activating group) is 1. The van der Waals surface area contributed by atoms with Gasteiger partial charge in [-0.15, -0.1) is 0 Å². The quantitative estimate of drug-likeness (QED) is 0.780. The molecule has 0 aliphatic rings. The SMILES string of the molecule is COCN(C)CCc1c[nH]c2ccccc12. The number of ether oxygens (including phenoxy) is 1. The van der Waals surface area contributed by atoms with E-state index in [1.54, 1.807) is 7.11 Å². The lowest BCUT2D eigenvalue weighted by Crippen LogP contribution is -2.23. The molecule has 1 aromatic carbocycles. The van der Waals surface area contributed by atoms with Crippen LogP contribution in [0.3, 0.4) is 0 Å². The van der Waals surface area contributed by atoms with E-state index in [-0.39, 0.29) is 0 Å². The number of hydrogen-bond acceptors (Lipinski definition) is 2. The Labute approximate surface area is 96.0 Å². The maximum Gasteiger partial charge on any atom is 0.0984 e. The monoisotopic (exact) mass is 218 g/mol. The highest BCUT2D eigenvalue weighted by Gasteiger charge is 2.04. The van der Waals surface area contributed by atoms with Crippen LogP contribution in [0.4, 0.5) is 0 Å². The molecule has 0 amide bonds. The number of aromatic amines is 1. The number of aromatic nitrogens is 1. The fraction of sp³-hybridized carbons (Fsp3) is 0.385. The Hall–Kier alpha value is -1.32. The van der Waals surface area contributed by atoms with E-state index >= 15 is 0 Å². The molecule has 1 aromatic heterocycles. The van der Waals surface area contributed by atoms with Crippen molar-refractivity contribution in [1.82, 2.24) is 9.88 Å². The number of nitrogens with zero attached hydrogens (tertiary/aromatic N) is 1. The van der Waals surface area contributed by atoms with E-state index in [0.717, 1.165) is 13.0 Å². The first-order chi connectivity index (χ1) is 7.81. The summed E-state index contributed by atoms with van der Waals surface area (Å²) in [6, 6.07) is 8.41. The van der Waals surface area contributed by atoms with Crippen molar-refractivity contribution in [2.75, 3.05) is 27.4 Å². The van der Waals surface area contributed by atoms with Crippen LogP contribution in [0.15, 0.2) is 30.5 Å². The molecule has 0 aliphatic carbocycles. The molecule has 2 rings (SSSR count). The van der Waals surface area contributed by atoms with E-state index in [1.807, 2.05) is 0 Å². The van der Waals surface area contributed by atoms with Crippen LogP contribution in [0, 0.1) is 0 Å². The minimum atomic E-state index is 0.683. The molecule has 0 unspecified atom stereocenters. The van der Waals surface area contributed by atoms with Gasteiger partial charge in [0.05, 0.1) is 6.73 Å². The molecule has 0 bridgehead atoms. The number of nitrogens with one attached hydrogen (secondary N) is 1. The summed E-state index contributed by atoms with van der Waals surface area (Å²) in [7, 11) is 3.79. The number of para-hydroxylation sites is 1. The first kappa shape index (κ1) is 11.2. The Morgan fingerprint density at radius 1 is 1.31 bits per heavy atom. The lowest BCUT2D eigenvalue weighted by atomic mass is 10.1. The number of H-pyrrole nitrogens is 1. The molecule has 1 N–H and O–H groups in total. The predicted molar refractivity (Wildman–Crippen MR) is 66.5 cm³/mol. The van der Waals surface area contributed by atoms with Crippen LogP contribution >= 0.6 is 0 Å². The summed E-state index contributed by atoms with van der Waals surface area (Å²) in [5, 5.41) is 1.33. The average Bonchev–Trinajstić information content (AvgIpc) is 2.70. The van der Waals surface area contributed by atoms with Crippen LogP contribution in [0.2, 0.25) is 0 Å². The average molecular weight is 218 g/mol. The molecule has 0 atom stereocenters. The van der Waals surface area contributed by atoms with E-state index < -0.39 is 0 Å². The third kappa shape index (κ3) is 2.43. The van der Waals surface area contributed by atoms with Crippen LogP contribution in [-0.2, 0) is 11.2 Å². The van der Waals surface area contributed by atoms with E-state index in [4.69, 9.17) is 4.74 Å². The molecule has 1 heterocycles. The van der Waals surface area contributed by atoms with E-state index in [1.165, 1.54) is 16.5 Å². The third-order valence-electron chi connectivity index (χ3n) is 2.79.